The van der Waals surface area contributed by atoms with Gasteiger partial charge in [0.2, 0.25) is 11.8 Å². The molecule has 0 radical (unpaired) electrons. The minimum atomic E-state index is -0.350. The van der Waals surface area contributed by atoms with Crippen LogP contribution in [0.25, 0.3) is 0 Å². The van der Waals surface area contributed by atoms with Gasteiger partial charge in [0.25, 0.3) is 0 Å². The summed E-state index contributed by atoms with van der Waals surface area (Å²) in [6.45, 7) is 4.23. The van der Waals surface area contributed by atoms with Crippen LogP contribution in [0.2, 0.25) is 0 Å². The first kappa shape index (κ1) is 17.7. The van der Waals surface area contributed by atoms with Crippen LogP contribution in [0.5, 0.6) is 0 Å². The molecule has 0 aliphatic heterocycles. The molecule has 5 heteroatoms. The van der Waals surface area contributed by atoms with Crippen molar-refractivity contribution in [1.29, 1.82) is 5.26 Å². The predicted molar refractivity (Wildman–Crippen MR) is 101 cm³/mol. The summed E-state index contributed by atoms with van der Waals surface area (Å²) >= 11 is 0. The van der Waals surface area contributed by atoms with Crippen molar-refractivity contribution in [2.45, 2.75) is 26.2 Å². The normalized spacial score (nSPS) is 18.1. The molecule has 3 rings (SSSR count). The summed E-state index contributed by atoms with van der Waals surface area (Å²) in [6, 6.07) is 16.6. The van der Waals surface area contributed by atoms with Gasteiger partial charge in [-0.3, -0.25) is 9.59 Å². The molecule has 1 aliphatic rings. The van der Waals surface area contributed by atoms with Gasteiger partial charge in [0, 0.05) is 5.69 Å². The molecular formula is C21H21N3O2. The Morgan fingerprint density at radius 2 is 1.62 bits per heavy atom. The molecular weight excluding hydrogens is 326 g/mol. The number of amides is 2. The maximum absolute atomic E-state index is 12.3. The van der Waals surface area contributed by atoms with E-state index in [1.165, 1.54) is 5.56 Å². The molecule has 2 amide bonds. The number of nitriles is 1. The maximum Gasteiger partial charge on any atom is 0.228 e. The monoisotopic (exact) mass is 347 g/mol. The van der Waals surface area contributed by atoms with Gasteiger partial charge in [-0.25, -0.2) is 0 Å². The number of para-hydroxylation sites is 1. The number of carbonyl (C=O) groups is 2. The number of nitrogens with one attached hydrogen (secondary N) is 2. The lowest BCUT2D eigenvalue weighted by Crippen LogP contribution is -2.21. The smallest absolute Gasteiger partial charge is 0.228 e. The lowest BCUT2D eigenvalue weighted by atomic mass is 10.0. The van der Waals surface area contributed by atoms with Gasteiger partial charge in [0.05, 0.1) is 23.1 Å². The van der Waals surface area contributed by atoms with Crippen LogP contribution in [-0.4, -0.2) is 11.8 Å². The summed E-state index contributed by atoms with van der Waals surface area (Å²) in [5, 5.41) is 14.7. The van der Waals surface area contributed by atoms with E-state index in [2.05, 4.69) is 24.5 Å². The van der Waals surface area contributed by atoms with E-state index in [0.29, 0.717) is 23.6 Å². The molecule has 0 heterocycles. The van der Waals surface area contributed by atoms with E-state index in [-0.39, 0.29) is 23.7 Å². The molecule has 0 spiro atoms. The zero-order chi connectivity index (χ0) is 18.7. The SMILES string of the molecule is CC(C)c1ccc(NC(=O)C2CC2C(=O)Nc2ccccc2C#N)cc1. The van der Waals surface area contributed by atoms with Crippen LogP contribution in [0, 0.1) is 23.2 Å². The van der Waals surface area contributed by atoms with E-state index < -0.39 is 0 Å². The highest BCUT2D eigenvalue weighted by molar-refractivity contribution is 6.03. The Morgan fingerprint density at radius 1 is 1.00 bits per heavy atom. The van der Waals surface area contributed by atoms with Crippen molar-refractivity contribution in [3.05, 3.63) is 59.7 Å². The summed E-state index contributed by atoms with van der Waals surface area (Å²) in [5.41, 5.74) is 2.84. The fourth-order valence-corrected chi connectivity index (χ4v) is 2.88. The van der Waals surface area contributed by atoms with E-state index in [1.54, 1.807) is 24.3 Å². The molecule has 1 aliphatic carbocycles. The van der Waals surface area contributed by atoms with Gasteiger partial charge in [-0.15, -0.1) is 0 Å². The van der Waals surface area contributed by atoms with Crippen molar-refractivity contribution >= 4 is 23.2 Å². The van der Waals surface area contributed by atoms with Gasteiger partial charge in [-0.2, -0.15) is 5.26 Å². The van der Waals surface area contributed by atoms with Gasteiger partial charge in [0.1, 0.15) is 6.07 Å². The molecule has 0 bridgehead atoms. The number of rotatable bonds is 5. The summed E-state index contributed by atoms with van der Waals surface area (Å²) < 4.78 is 0. The average Bonchev–Trinajstić information content (AvgIpc) is 3.43. The molecule has 2 aromatic rings. The molecule has 1 fully saturated rings. The second-order valence-corrected chi connectivity index (χ2v) is 6.86. The fourth-order valence-electron chi connectivity index (χ4n) is 2.88. The van der Waals surface area contributed by atoms with Crippen molar-refractivity contribution in [3.8, 4) is 6.07 Å². The third kappa shape index (κ3) is 3.92. The Balaban J connectivity index is 1.56. The summed E-state index contributed by atoms with van der Waals surface area (Å²) in [6.07, 6.45) is 0.524. The second-order valence-electron chi connectivity index (χ2n) is 6.86. The molecule has 2 aromatic carbocycles. The standard InChI is InChI=1S/C21H21N3O2/c1-13(2)14-7-9-16(10-8-14)23-20(25)17-11-18(17)21(26)24-19-6-4-3-5-15(19)12-22/h3-10,13,17-18H,11H2,1-2H3,(H,23,25)(H,24,26). The van der Waals surface area contributed by atoms with E-state index in [4.69, 9.17) is 5.26 Å². The van der Waals surface area contributed by atoms with E-state index in [0.717, 1.165) is 5.69 Å². The molecule has 132 valence electrons. The average molecular weight is 347 g/mol. The summed E-state index contributed by atoms with van der Waals surface area (Å²) in [7, 11) is 0. The fraction of sp³-hybridized carbons (Fsp3) is 0.286. The van der Waals surface area contributed by atoms with Crippen LogP contribution >= 0.6 is 0 Å². The molecule has 1 saturated carbocycles. The number of anilines is 2. The topological polar surface area (TPSA) is 82.0 Å². The highest BCUT2D eigenvalue weighted by Crippen LogP contribution is 2.40. The minimum Gasteiger partial charge on any atom is -0.326 e. The Kier molecular flexibility index (Phi) is 5.04. The predicted octanol–water partition coefficient (Wildman–Crippen LogP) is 3.89. The van der Waals surface area contributed by atoms with Gasteiger partial charge in [-0.05, 0) is 42.2 Å². The van der Waals surface area contributed by atoms with Crippen LogP contribution in [0.15, 0.2) is 48.5 Å². The van der Waals surface area contributed by atoms with Crippen molar-refractivity contribution in [2.75, 3.05) is 10.6 Å². The quantitative estimate of drug-likeness (QED) is 0.861. The van der Waals surface area contributed by atoms with Crippen molar-refractivity contribution in [2.24, 2.45) is 11.8 Å². The number of hydrogen-bond acceptors (Lipinski definition) is 3. The van der Waals surface area contributed by atoms with Crippen LogP contribution in [0.3, 0.4) is 0 Å². The lowest BCUT2D eigenvalue weighted by Gasteiger charge is -2.09. The third-order valence-electron chi connectivity index (χ3n) is 4.61. The third-order valence-corrected chi connectivity index (χ3v) is 4.61. The number of nitrogens with zero attached hydrogens (tertiary/aromatic N) is 1. The van der Waals surface area contributed by atoms with Gasteiger partial charge in [0.15, 0.2) is 0 Å². The molecule has 2 atom stereocenters. The first-order valence-corrected chi connectivity index (χ1v) is 8.70. The Labute approximate surface area is 153 Å². The Bertz CT molecular complexity index is 866. The maximum atomic E-state index is 12.3. The van der Waals surface area contributed by atoms with E-state index in [9.17, 15) is 9.59 Å². The number of hydrogen-bond donors (Lipinski definition) is 2. The Hall–Kier alpha value is -3.13. The molecule has 26 heavy (non-hydrogen) atoms. The van der Waals surface area contributed by atoms with Crippen LogP contribution < -0.4 is 10.6 Å². The molecule has 5 nitrogen and oxygen atoms in total. The van der Waals surface area contributed by atoms with E-state index in [1.807, 2.05) is 30.3 Å². The Morgan fingerprint density at radius 3 is 2.23 bits per heavy atom. The molecule has 2 unspecified atom stereocenters. The molecule has 2 N–H and O–H groups in total. The van der Waals surface area contributed by atoms with Crippen molar-refractivity contribution in [1.82, 2.24) is 0 Å². The number of benzene rings is 2. The second kappa shape index (κ2) is 7.40. The van der Waals surface area contributed by atoms with Crippen LogP contribution in [-0.2, 0) is 9.59 Å². The number of carbonyl (C=O) groups excluding carboxylic acids is 2. The largest absolute Gasteiger partial charge is 0.326 e. The first-order chi connectivity index (χ1) is 12.5. The highest BCUT2D eigenvalue weighted by Gasteiger charge is 2.48. The minimum absolute atomic E-state index is 0.143. The van der Waals surface area contributed by atoms with Gasteiger partial charge in [-0.1, -0.05) is 38.1 Å². The van der Waals surface area contributed by atoms with Crippen LogP contribution in [0.4, 0.5) is 11.4 Å². The molecule has 0 aromatic heterocycles. The van der Waals surface area contributed by atoms with Gasteiger partial charge < -0.3 is 10.6 Å². The van der Waals surface area contributed by atoms with Crippen molar-refractivity contribution < 1.29 is 9.59 Å². The van der Waals surface area contributed by atoms with E-state index >= 15 is 0 Å². The lowest BCUT2D eigenvalue weighted by molar-refractivity contribution is -0.122. The summed E-state index contributed by atoms with van der Waals surface area (Å²) in [4.78, 5) is 24.7. The zero-order valence-electron chi connectivity index (χ0n) is 14.8. The zero-order valence-corrected chi connectivity index (χ0v) is 14.8. The van der Waals surface area contributed by atoms with Gasteiger partial charge >= 0.3 is 0 Å². The van der Waals surface area contributed by atoms with Crippen LogP contribution in [0.1, 0.15) is 37.3 Å². The van der Waals surface area contributed by atoms with Crippen molar-refractivity contribution in [3.63, 3.8) is 0 Å². The highest BCUT2D eigenvalue weighted by atomic mass is 16.2. The molecule has 0 saturated heterocycles. The summed E-state index contributed by atoms with van der Waals surface area (Å²) in [5.74, 6) is -0.600. The first-order valence-electron chi connectivity index (χ1n) is 8.70.